The van der Waals surface area contributed by atoms with Gasteiger partial charge in [0, 0.05) is 32.2 Å². The maximum Gasteiger partial charge on any atom is 0.248 e. The number of piperazine rings is 1. The summed E-state index contributed by atoms with van der Waals surface area (Å²) in [6.45, 7) is 6.37. The number of pyridine rings is 1. The Labute approximate surface area is 213 Å². The fourth-order valence-corrected chi connectivity index (χ4v) is 7.33. The van der Waals surface area contributed by atoms with E-state index in [4.69, 9.17) is 10.7 Å². The van der Waals surface area contributed by atoms with Crippen molar-refractivity contribution in [1.29, 1.82) is 0 Å². The van der Waals surface area contributed by atoms with Crippen LogP contribution in [0.15, 0.2) is 30.0 Å². The van der Waals surface area contributed by atoms with Gasteiger partial charge in [0.25, 0.3) is 0 Å². The van der Waals surface area contributed by atoms with Gasteiger partial charge in [-0.15, -0.1) is 16.4 Å². The van der Waals surface area contributed by atoms with E-state index in [2.05, 4.69) is 46.6 Å². The van der Waals surface area contributed by atoms with Gasteiger partial charge < -0.3 is 16.0 Å². The molecule has 0 aromatic carbocycles. The number of hydrogen-bond donors (Lipinski definition) is 2. The number of anilines is 4. The van der Waals surface area contributed by atoms with E-state index in [0.717, 1.165) is 71.3 Å². The van der Waals surface area contributed by atoms with Crippen molar-refractivity contribution < 1.29 is 0 Å². The van der Waals surface area contributed by atoms with E-state index in [-0.39, 0.29) is 5.95 Å². The molecular weight excluding hydrogens is 472 g/mol. The largest absolute Gasteiger partial charge is 0.368 e. The van der Waals surface area contributed by atoms with Crippen molar-refractivity contribution in [3.05, 3.63) is 35.6 Å². The first-order chi connectivity index (χ1) is 17.6. The van der Waals surface area contributed by atoms with Crippen molar-refractivity contribution in [3.63, 3.8) is 0 Å². The minimum absolute atomic E-state index is 0.265. The summed E-state index contributed by atoms with van der Waals surface area (Å²) in [5.41, 5.74) is 9.02. The zero-order chi connectivity index (χ0) is 24.2. The highest BCUT2D eigenvalue weighted by Crippen LogP contribution is 2.46. The highest BCUT2D eigenvalue weighted by atomic mass is 32.1. The molecule has 186 valence electrons. The van der Waals surface area contributed by atoms with Crippen molar-refractivity contribution in [1.82, 2.24) is 34.6 Å². The van der Waals surface area contributed by atoms with Gasteiger partial charge in [-0.2, -0.15) is 9.67 Å². The summed E-state index contributed by atoms with van der Waals surface area (Å²) in [5.74, 6) is 4.27. The Morgan fingerprint density at radius 3 is 2.69 bits per heavy atom. The normalized spacial score (nSPS) is 24.1. The number of fused-ring (bicyclic) bond motifs is 3. The highest BCUT2D eigenvalue weighted by molar-refractivity contribution is 7.17. The molecule has 2 saturated carbocycles. The number of aromatic nitrogens is 6. The summed E-state index contributed by atoms with van der Waals surface area (Å²) in [6.07, 6.45) is 9.17. The van der Waals surface area contributed by atoms with Gasteiger partial charge in [0.1, 0.15) is 12.1 Å². The van der Waals surface area contributed by atoms with Crippen molar-refractivity contribution in [2.45, 2.75) is 38.6 Å². The minimum Gasteiger partial charge on any atom is -0.368 e. The van der Waals surface area contributed by atoms with Gasteiger partial charge in [-0.3, -0.25) is 4.90 Å². The second-order valence-electron chi connectivity index (χ2n) is 10.3. The first kappa shape index (κ1) is 21.9. The quantitative estimate of drug-likeness (QED) is 0.422. The second kappa shape index (κ2) is 8.67. The van der Waals surface area contributed by atoms with E-state index in [1.807, 2.05) is 19.2 Å². The first-order valence-electron chi connectivity index (χ1n) is 12.8. The van der Waals surface area contributed by atoms with Gasteiger partial charge in [-0.1, -0.05) is 6.42 Å². The number of thiophene rings is 1. The SMILES string of the molecule is Cc1csc2c(-n3nc(Nc4ccc(N5CCN([C@H]6C[C@@H]7CC[C@H]6C7)CC5)nc4)nc3N)ncnc12. The molecule has 3 aliphatic rings. The second-order valence-corrected chi connectivity index (χ2v) is 11.2. The fourth-order valence-electron chi connectivity index (χ4n) is 6.36. The van der Waals surface area contributed by atoms with Crippen molar-refractivity contribution >= 4 is 45.0 Å². The molecule has 10 nitrogen and oxygen atoms in total. The third-order valence-corrected chi connectivity index (χ3v) is 9.24. The molecule has 3 atom stereocenters. The van der Waals surface area contributed by atoms with E-state index in [1.165, 1.54) is 32.0 Å². The van der Waals surface area contributed by atoms with Crippen LogP contribution in [0, 0.1) is 18.8 Å². The van der Waals surface area contributed by atoms with Gasteiger partial charge in [-0.05, 0) is 61.1 Å². The lowest BCUT2D eigenvalue weighted by molar-refractivity contribution is 0.134. The Kier molecular flexibility index (Phi) is 5.28. The molecule has 0 unspecified atom stereocenters. The molecule has 0 spiro atoms. The number of nitrogens with one attached hydrogen (secondary N) is 1. The Balaban J connectivity index is 1.02. The molecule has 11 heteroatoms. The average Bonchev–Trinajstić information content (AvgIpc) is 3.70. The van der Waals surface area contributed by atoms with Crippen LogP contribution in [0.1, 0.15) is 31.2 Å². The molecule has 3 N–H and O–H groups in total. The number of aryl methyl sites for hydroxylation is 1. The lowest BCUT2D eigenvalue weighted by Gasteiger charge is -2.41. The Morgan fingerprint density at radius 2 is 1.94 bits per heavy atom. The summed E-state index contributed by atoms with van der Waals surface area (Å²) in [6, 6.07) is 4.91. The van der Waals surface area contributed by atoms with Crippen LogP contribution in [0.25, 0.3) is 16.0 Å². The maximum atomic E-state index is 6.19. The van der Waals surface area contributed by atoms with Crippen LogP contribution in [0.5, 0.6) is 0 Å². The third-order valence-electron chi connectivity index (χ3n) is 8.16. The minimum atomic E-state index is 0.265. The van der Waals surface area contributed by atoms with Gasteiger partial charge in [0.2, 0.25) is 11.9 Å². The number of nitrogen functional groups attached to an aromatic ring is 1. The predicted molar refractivity (Wildman–Crippen MR) is 142 cm³/mol. The number of nitrogens with zero attached hydrogens (tertiary/aromatic N) is 8. The van der Waals surface area contributed by atoms with Gasteiger partial charge >= 0.3 is 0 Å². The highest BCUT2D eigenvalue weighted by Gasteiger charge is 2.42. The van der Waals surface area contributed by atoms with Crippen molar-refractivity contribution in [3.8, 4) is 5.82 Å². The van der Waals surface area contributed by atoms with Crippen LogP contribution in [0.4, 0.5) is 23.4 Å². The third kappa shape index (κ3) is 3.77. The Bertz CT molecular complexity index is 1390. The molecule has 36 heavy (non-hydrogen) atoms. The Morgan fingerprint density at radius 1 is 1.06 bits per heavy atom. The van der Waals surface area contributed by atoms with Gasteiger partial charge in [0.05, 0.1) is 22.1 Å². The van der Waals surface area contributed by atoms with Gasteiger partial charge in [0.15, 0.2) is 5.82 Å². The van der Waals surface area contributed by atoms with Crippen LogP contribution in [-0.4, -0.2) is 66.8 Å². The number of rotatable bonds is 5. The zero-order valence-electron chi connectivity index (χ0n) is 20.3. The standard InChI is InChI=1S/C25H30N10S/c1-15-13-36-22-21(15)28-14-29-23(22)35-24(26)31-25(32-35)30-18-4-5-20(27-12-18)34-8-6-33(7-9-34)19-11-16-2-3-17(19)10-16/h4-5,12-14,16-17,19H,2-3,6-11H2,1H3,(H3,26,30,31,32)/t16-,17+,19+/m1/s1. The molecule has 4 aromatic rings. The van der Waals surface area contributed by atoms with E-state index in [1.54, 1.807) is 16.0 Å². The molecule has 0 amide bonds. The van der Waals surface area contributed by atoms with Crippen molar-refractivity contribution in [2.24, 2.45) is 11.8 Å². The average molecular weight is 503 g/mol. The van der Waals surface area contributed by atoms with E-state index in [0.29, 0.717) is 11.8 Å². The van der Waals surface area contributed by atoms with Crippen LogP contribution in [-0.2, 0) is 0 Å². The van der Waals surface area contributed by atoms with Crippen LogP contribution < -0.4 is 16.0 Å². The van der Waals surface area contributed by atoms with Crippen LogP contribution in [0.3, 0.4) is 0 Å². The molecule has 2 bridgehead atoms. The molecule has 0 radical (unpaired) electrons. The summed E-state index contributed by atoms with van der Waals surface area (Å²) < 4.78 is 2.49. The molecule has 1 saturated heterocycles. The predicted octanol–water partition coefficient (Wildman–Crippen LogP) is 3.61. The molecule has 5 heterocycles. The smallest absolute Gasteiger partial charge is 0.248 e. The summed E-state index contributed by atoms with van der Waals surface area (Å²) in [5, 5.41) is 9.83. The molecule has 1 aliphatic heterocycles. The molecule has 3 fully saturated rings. The van der Waals surface area contributed by atoms with E-state index < -0.39 is 0 Å². The van der Waals surface area contributed by atoms with Crippen molar-refractivity contribution in [2.75, 3.05) is 42.1 Å². The van der Waals surface area contributed by atoms with E-state index in [9.17, 15) is 0 Å². The number of hydrogen-bond acceptors (Lipinski definition) is 10. The summed E-state index contributed by atoms with van der Waals surface area (Å²) in [7, 11) is 0. The van der Waals surface area contributed by atoms with Crippen LogP contribution >= 0.6 is 11.3 Å². The monoisotopic (exact) mass is 502 g/mol. The van der Waals surface area contributed by atoms with Gasteiger partial charge in [-0.25, -0.2) is 15.0 Å². The lowest BCUT2D eigenvalue weighted by atomic mass is 9.93. The fraction of sp³-hybridized carbons (Fsp3) is 0.480. The topological polar surface area (TPSA) is 114 Å². The Hall–Kier alpha value is -3.31. The molecule has 4 aromatic heterocycles. The van der Waals surface area contributed by atoms with E-state index >= 15 is 0 Å². The molecular formula is C25H30N10S. The number of nitrogens with two attached hydrogens (primary N) is 1. The lowest BCUT2D eigenvalue weighted by Crippen LogP contribution is -2.52. The molecule has 2 aliphatic carbocycles. The summed E-state index contributed by atoms with van der Waals surface area (Å²) >= 11 is 1.58. The first-order valence-corrected chi connectivity index (χ1v) is 13.6. The van der Waals surface area contributed by atoms with Crippen LogP contribution in [0.2, 0.25) is 0 Å². The maximum absolute atomic E-state index is 6.19. The zero-order valence-corrected chi connectivity index (χ0v) is 21.2. The molecule has 7 rings (SSSR count). The summed E-state index contributed by atoms with van der Waals surface area (Å²) in [4.78, 5) is 23.0.